The Morgan fingerprint density at radius 2 is 1.83 bits per heavy atom. The molecule has 7 nitrogen and oxygen atoms in total. The summed E-state index contributed by atoms with van der Waals surface area (Å²) in [6.07, 6.45) is 5.30. The number of fused-ring (bicyclic) bond motifs is 5. The molecular formula is C21H16BrN5O2. The van der Waals surface area contributed by atoms with Gasteiger partial charge in [-0.15, -0.1) is 0 Å². The lowest BCUT2D eigenvalue weighted by molar-refractivity contribution is 0.402. The molecule has 0 bridgehead atoms. The van der Waals surface area contributed by atoms with Crippen LogP contribution < -0.4 is 14.8 Å². The third-order valence-corrected chi connectivity index (χ3v) is 5.46. The topological polar surface area (TPSA) is 85.0 Å². The number of pyridine rings is 2. The van der Waals surface area contributed by atoms with Crippen LogP contribution in [0, 0.1) is 0 Å². The van der Waals surface area contributed by atoms with Gasteiger partial charge in [-0.05, 0) is 46.3 Å². The van der Waals surface area contributed by atoms with Gasteiger partial charge < -0.3 is 19.8 Å². The van der Waals surface area contributed by atoms with E-state index in [0.29, 0.717) is 17.3 Å². The van der Waals surface area contributed by atoms with E-state index >= 15 is 0 Å². The van der Waals surface area contributed by atoms with Gasteiger partial charge in [-0.25, -0.2) is 9.97 Å². The molecule has 4 aromatic rings. The SMILES string of the molecule is COc1cc(-c2nc3c([nH]2)-c2ccncc2Nc2ncccc2-3)c(OC)cc1Br. The molecule has 1 aliphatic rings. The third kappa shape index (κ3) is 2.84. The Labute approximate surface area is 175 Å². The van der Waals surface area contributed by atoms with Crippen LogP contribution in [-0.2, 0) is 0 Å². The lowest BCUT2D eigenvalue weighted by Crippen LogP contribution is -1.96. The minimum Gasteiger partial charge on any atom is -0.496 e. The van der Waals surface area contributed by atoms with E-state index < -0.39 is 0 Å². The molecule has 0 spiro atoms. The molecule has 29 heavy (non-hydrogen) atoms. The van der Waals surface area contributed by atoms with Gasteiger partial charge in [-0.1, -0.05) is 0 Å². The van der Waals surface area contributed by atoms with Crippen molar-refractivity contribution in [1.29, 1.82) is 0 Å². The highest BCUT2D eigenvalue weighted by atomic mass is 79.9. The fourth-order valence-corrected chi connectivity index (χ4v) is 3.96. The molecule has 3 aromatic heterocycles. The predicted octanol–water partition coefficient (Wildman–Crippen LogP) is 5.04. The van der Waals surface area contributed by atoms with E-state index in [-0.39, 0.29) is 0 Å². The summed E-state index contributed by atoms with van der Waals surface area (Å²) in [5.41, 5.74) is 5.24. The fourth-order valence-electron chi connectivity index (χ4n) is 3.47. The summed E-state index contributed by atoms with van der Waals surface area (Å²) in [6, 6.07) is 9.62. The molecule has 8 heteroatoms. The van der Waals surface area contributed by atoms with Gasteiger partial charge in [0.25, 0.3) is 0 Å². The van der Waals surface area contributed by atoms with Gasteiger partial charge in [0.2, 0.25) is 0 Å². The molecule has 0 saturated heterocycles. The largest absolute Gasteiger partial charge is 0.496 e. The molecule has 0 aliphatic carbocycles. The van der Waals surface area contributed by atoms with E-state index in [1.165, 1.54) is 0 Å². The van der Waals surface area contributed by atoms with E-state index in [0.717, 1.165) is 44.1 Å². The van der Waals surface area contributed by atoms with Crippen molar-refractivity contribution in [1.82, 2.24) is 19.9 Å². The number of ether oxygens (including phenoxy) is 2. The molecule has 5 rings (SSSR count). The van der Waals surface area contributed by atoms with Crippen LogP contribution in [0.3, 0.4) is 0 Å². The van der Waals surface area contributed by atoms with Crippen LogP contribution in [0.2, 0.25) is 0 Å². The first-order chi connectivity index (χ1) is 14.2. The van der Waals surface area contributed by atoms with Crippen LogP contribution in [0.4, 0.5) is 11.5 Å². The van der Waals surface area contributed by atoms with E-state index in [4.69, 9.17) is 14.5 Å². The fraction of sp³-hybridized carbons (Fsp3) is 0.0952. The first-order valence-electron chi connectivity index (χ1n) is 8.88. The molecule has 1 aliphatic heterocycles. The molecule has 4 heterocycles. The van der Waals surface area contributed by atoms with Gasteiger partial charge in [0.05, 0.1) is 41.8 Å². The summed E-state index contributed by atoms with van der Waals surface area (Å²) in [4.78, 5) is 17.1. The average molecular weight is 450 g/mol. The number of anilines is 2. The van der Waals surface area contributed by atoms with Crippen molar-refractivity contribution in [2.24, 2.45) is 0 Å². The Balaban J connectivity index is 1.79. The zero-order chi connectivity index (χ0) is 20.0. The van der Waals surface area contributed by atoms with Crippen molar-refractivity contribution in [3.8, 4) is 45.4 Å². The first-order valence-corrected chi connectivity index (χ1v) is 9.67. The average Bonchev–Trinajstić information content (AvgIpc) is 3.14. The Morgan fingerprint density at radius 3 is 2.66 bits per heavy atom. The number of hydrogen-bond acceptors (Lipinski definition) is 6. The number of H-pyrrole nitrogens is 1. The zero-order valence-corrected chi connectivity index (χ0v) is 17.2. The van der Waals surface area contributed by atoms with E-state index in [9.17, 15) is 0 Å². The molecule has 0 saturated carbocycles. The third-order valence-electron chi connectivity index (χ3n) is 4.84. The van der Waals surface area contributed by atoms with E-state index in [1.54, 1.807) is 32.8 Å². The number of nitrogens with one attached hydrogen (secondary N) is 2. The smallest absolute Gasteiger partial charge is 0.142 e. The van der Waals surface area contributed by atoms with Crippen molar-refractivity contribution in [2.75, 3.05) is 19.5 Å². The van der Waals surface area contributed by atoms with Crippen LogP contribution >= 0.6 is 15.9 Å². The highest BCUT2D eigenvalue weighted by Crippen LogP contribution is 2.44. The minimum absolute atomic E-state index is 0.678. The van der Waals surface area contributed by atoms with Crippen LogP contribution in [0.25, 0.3) is 33.9 Å². The number of rotatable bonds is 3. The van der Waals surface area contributed by atoms with Crippen LogP contribution in [-0.4, -0.2) is 34.2 Å². The Bertz CT molecular complexity index is 1170. The maximum Gasteiger partial charge on any atom is 0.142 e. The summed E-state index contributed by atoms with van der Waals surface area (Å²) >= 11 is 3.51. The van der Waals surface area contributed by atoms with Crippen molar-refractivity contribution < 1.29 is 9.47 Å². The second kappa shape index (κ2) is 6.89. The molecule has 0 unspecified atom stereocenters. The second-order valence-corrected chi connectivity index (χ2v) is 7.30. The minimum atomic E-state index is 0.678. The zero-order valence-electron chi connectivity index (χ0n) is 15.7. The number of hydrogen-bond donors (Lipinski definition) is 2. The maximum absolute atomic E-state index is 5.60. The molecule has 0 radical (unpaired) electrons. The van der Waals surface area contributed by atoms with Gasteiger partial charge in [0.15, 0.2) is 0 Å². The lowest BCUT2D eigenvalue weighted by atomic mass is 10.1. The highest BCUT2D eigenvalue weighted by Gasteiger charge is 2.25. The molecule has 0 amide bonds. The first kappa shape index (κ1) is 17.7. The number of aromatic nitrogens is 4. The molecular weight excluding hydrogens is 434 g/mol. The van der Waals surface area contributed by atoms with E-state index in [2.05, 4.69) is 36.2 Å². The molecule has 2 N–H and O–H groups in total. The summed E-state index contributed by atoms with van der Waals surface area (Å²) in [5.74, 6) is 2.79. The van der Waals surface area contributed by atoms with Crippen LogP contribution in [0.15, 0.2) is 53.4 Å². The van der Waals surface area contributed by atoms with Crippen molar-refractivity contribution in [3.05, 3.63) is 53.4 Å². The van der Waals surface area contributed by atoms with Gasteiger partial charge in [0.1, 0.15) is 28.8 Å². The van der Waals surface area contributed by atoms with E-state index in [1.807, 2.05) is 30.3 Å². The number of halogens is 1. The van der Waals surface area contributed by atoms with Gasteiger partial charge in [-0.3, -0.25) is 4.98 Å². The summed E-state index contributed by atoms with van der Waals surface area (Å²) in [5, 5.41) is 3.36. The Hall–Kier alpha value is -3.39. The number of imidazole rings is 1. The number of aromatic amines is 1. The van der Waals surface area contributed by atoms with Gasteiger partial charge in [0, 0.05) is 23.5 Å². The standard InChI is InChI=1S/C21H16BrN5O2/c1-28-16-9-14(22)17(29-2)8-13(16)21-26-18-11-5-7-23-10-15(11)25-20-12(19(18)27-21)4-3-6-24-20/h3-10H,1-2H3,(H,24,25)(H,26,27). The van der Waals surface area contributed by atoms with Crippen LogP contribution in [0.5, 0.6) is 11.5 Å². The molecule has 0 atom stereocenters. The van der Waals surface area contributed by atoms with Crippen molar-refractivity contribution in [2.45, 2.75) is 0 Å². The van der Waals surface area contributed by atoms with Gasteiger partial charge in [-0.2, -0.15) is 0 Å². The molecule has 0 fully saturated rings. The second-order valence-electron chi connectivity index (χ2n) is 6.44. The highest BCUT2D eigenvalue weighted by molar-refractivity contribution is 9.10. The maximum atomic E-state index is 5.60. The molecule has 1 aromatic carbocycles. The quantitative estimate of drug-likeness (QED) is 0.401. The number of methoxy groups -OCH3 is 2. The Morgan fingerprint density at radius 1 is 0.966 bits per heavy atom. The summed E-state index contributed by atoms with van der Waals surface area (Å²) in [6.45, 7) is 0. The van der Waals surface area contributed by atoms with Gasteiger partial charge >= 0.3 is 0 Å². The van der Waals surface area contributed by atoms with Crippen molar-refractivity contribution >= 4 is 27.4 Å². The van der Waals surface area contributed by atoms with Crippen LogP contribution in [0.1, 0.15) is 0 Å². The predicted molar refractivity (Wildman–Crippen MR) is 115 cm³/mol. The monoisotopic (exact) mass is 449 g/mol. The summed E-state index contributed by atoms with van der Waals surface area (Å²) in [7, 11) is 3.26. The normalized spacial score (nSPS) is 11.6. The molecule has 144 valence electrons. The summed E-state index contributed by atoms with van der Waals surface area (Å²) < 4.78 is 11.9. The van der Waals surface area contributed by atoms with Crippen molar-refractivity contribution in [3.63, 3.8) is 0 Å². The number of nitrogens with zero attached hydrogens (tertiary/aromatic N) is 3. The number of benzene rings is 1. The lowest BCUT2D eigenvalue weighted by Gasteiger charge is -2.11. The Kier molecular flexibility index (Phi) is 4.21.